The van der Waals surface area contributed by atoms with Crippen LogP contribution in [0.5, 0.6) is 0 Å². The molecule has 0 radical (unpaired) electrons. The highest BCUT2D eigenvalue weighted by Gasteiger charge is 2.13. The maximum Gasteiger partial charge on any atom is 0.225 e. The van der Waals surface area contributed by atoms with Crippen molar-refractivity contribution >= 4 is 17.5 Å². The Bertz CT molecular complexity index is 864. The van der Waals surface area contributed by atoms with Crippen LogP contribution in [0.1, 0.15) is 20.3 Å². The van der Waals surface area contributed by atoms with E-state index in [4.69, 9.17) is 0 Å². The maximum absolute atomic E-state index is 14.0. The molecule has 2 N–H and O–H groups in total. The molecule has 0 fully saturated rings. The van der Waals surface area contributed by atoms with Crippen molar-refractivity contribution in [3.05, 3.63) is 66.2 Å². The van der Waals surface area contributed by atoms with Gasteiger partial charge in [-0.3, -0.25) is 0 Å². The quantitative estimate of drug-likeness (QED) is 0.624. The third-order valence-electron chi connectivity index (χ3n) is 4.00. The minimum Gasteiger partial charge on any atom is -0.352 e. The molecule has 0 amide bonds. The lowest BCUT2D eigenvalue weighted by molar-refractivity contribution is 0.590. The number of hydrogen-bond donors (Lipinski definition) is 2. The highest BCUT2D eigenvalue weighted by Crippen LogP contribution is 2.26. The van der Waals surface area contributed by atoms with Gasteiger partial charge in [-0.1, -0.05) is 43.3 Å². The zero-order chi connectivity index (χ0) is 18.5. The first-order valence-electron chi connectivity index (χ1n) is 8.49. The molecule has 0 saturated carbocycles. The van der Waals surface area contributed by atoms with Gasteiger partial charge in [-0.2, -0.15) is 4.98 Å². The lowest BCUT2D eigenvalue weighted by atomic mass is 10.1. The molecule has 134 valence electrons. The van der Waals surface area contributed by atoms with Crippen molar-refractivity contribution in [3.8, 4) is 11.3 Å². The zero-order valence-corrected chi connectivity index (χ0v) is 14.6. The van der Waals surface area contributed by atoms with Crippen LogP contribution >= 0.6 is 0 Å². The molecule has 26 heavy (non-hydrogen) atoms. The van der Waals surface area contributed by atoms with Crippen LogP contribution in [0.4, 0.5) is 26.2 Å². The van der Waals surface area contributed by atoms with Crippen molar-refractivity contribution in [2.45, 2.75) is 26.3 Å². The Balaban J connectivity index is 2.02. The summed E-state index contributed by atoms with van der Waals surface area (Å²) in [7, 11) is 0. The summed E-state index contributed by atoms with van der Waals surface area (Å²) in [5.74, 6) is -0.642. The summed E-state index contributed by atoms with van der Waals surface area (Å²) in [5.41, 5.74) is 1.31. The van der Waals surface area contributed by atoms with Crippen molar-refractivity contribution in [2.75, 3.05) is 10.6 Å². The van der Waals surface area contributed by atoms with E-state index in [1.54, 1.807) is 6.07 Å². The molecule has 4 nitrogen and oxygen atoms in total. The molecule has 1 atom stereocenters. The lowest BCUT2D eigenvalue weighted by Gasteiger charge is -2.15. The predicted octanol–water partition coefficient (Wildman–Crippen LogP) is 5.38. The van der Waals surface area contributed by atoms with E-state index in [1.165, 1.54) is 18.2 Å². The molecule has 0 saturated heterocycles. The molecule has 6 heteroatoms. The Labute approximate surface area is 151 Å². The first-order chi connectivity index (χ1) is 12.6. The Morgan fingerprint density at radius 1 is 0.962 bits per heavy atom. The van der Waals surface area contributed by atoms with Gasteiger partial charge >= 0.3 is 0 Å². The summed E-state index contributed by atoms with van der Waals surface area (Å²) in [6, 6.07) is 15.1. The molecule has 0 aliphatic carbocycles. The van der Waals surface area contributed by atoms with E-state index in [2.05, 4.69) is 20.6 Å². The van der Waals surface area contributed by atoms with Gasteiger partial charge in [-0.15, -0.1) is 0 Å². The second-order valence-corrected chi connectivity index (χ2v) is 6.00. The van der Waals surface area contributed by atoms with Gasteiger partial charge in [0.15, 0.2) is 0 Å². The third kappa shape index (κ3) is 4.14. The number of halogens is 2. The van der Waals surface area contributed by atoms with Crippen LogP contribution in [0.25, 0.3) is 11.3 Å². The Morgan fingerprint density at radius 2 is 1.65 bits per heavy atom. The number of hydrogen-bond acceptors (Lipinski definition) is 4. The second-order valence-electron chi connectivity index (χ2n) is 6.00. The summed E-state index contributed by atoms with van der Waals surface area (Å²) in [6.45, 7) is 4.06. The van der Waals surface area contributed by atoms with Crippen LogP contribution in [-0.2, 0) is 0 Å². The van der Waals surface area contributed by atoms with Crippen LogP contribution in [0.3, 0.4) is 0 Å². The van der Waals surface area contributed by atoms with Crippen molar-refractivity contribution in [1.29, 1.82) is 0 Å². The Hall–Kier alpha value is -3.02. The number of anilines is 3. The first-order valence-corrected chi connectivity index (χ1v) is 8.49. The van der Waals surface area contributed by atoms with Gasteiger partial charge in [0.2, 0.25) is 5.95 Å². The largest absolute Gasteiger partial charge is 0.352 e. The summed E-state index contributed by atoms with van der Waals surface area (Å²) in [4.78, 5) is 8.89. The predicted molar refractivity (Wildman–Crippen MR) is 100 cm³/mol. The van der Waals surface area contributed by atoms with Crippen molar-refractivity contribution < 1.29 is 8.78 Å². The average molecular weight is 354 g/mol. The van der Waals surface area contributed by atoms with Gasteiger partial charge in [0, 0.05) is 17.7 Å². The number of aromatic nitrogens is 2. The monoisotopic (exact) mass is 354 g/mol. The Kier molecular flexibility index (Phi) is 5.41. The van der Waals surface area contributed by atoms with E-state index >= 15 is 0 Å². The van der Waals surface area contributed by atoms with Crippen LogP contribution < -0.4 is 10.6 Å². The number of para-hydroxylation sites is 1. The fourth-order valence-corrected chi connectivity index (χ4v) is 2.40. The molecular weight excluding hydrogens is 334 g/mol. The highest BCUT2D eigenvalue weighted by atomic mass is 19.1. The van der Waals surface area contributed by atoms with Crippen molar-refractivity contribution in [2.24, 2.45) is 0 Å². The van der Waals surface area contributed by atoms with Gasteiger partial charge in [-0.05, 0) is 25.5 Å². The number of rotatable bonds is 6. The molecular formula is C20H20F2N4. The van der Waals surface area contributed by atoms with Crippen LogP contribution in [0.15, 0.2) is 54.6 Å². The van der Waals surface area contributed by atoms with E-state index < -0.39 is 11.6 Å². The standard InChI is InChI=1S/C20H20F2N4/c1-3-13(2)23-20-24-17(14-8-5-4-6-9-14)12-18(26-20)25-19-15(21)10-7-11-16(19)22/h4-13H,3H2,1-2H3,(H2,23,24,25,26). The highest BCUT2D eigenvalue weighted by molar-refractivity contribution is 5.67. The van der Waals surface area contributed by atoms with E-state index in [0.717, 1.165) is 12.0 Å². The van der Waals surface area contributed by atoms with E-state index in [-0.39, 0.29) is 11.7 Å². The fourth-order valence-electron chi connectivity index (χ4n) is 2.40. The normalized spacial score (nSPS) is 11.8. The molecule has 1 aromatic heterocycles. The van der Waals surface area contributed by atoms with Crippen molar-refractivity contribution in [1.82, 2.24) is 9.97 Å². The number of benzene rings is 2. The molecule has 3 aromatic rings. The Morgan fingerprint density at radius 3 is 2.31 bits per heavy atom. The summed E-state index contributed by atoms with van der Waals surface area (Å²) >= 11 is 0. The zero-order valence-electron chi connectivity index (χ0n) is 14.6. The molecule has 0 aliphatic rings. The van der Waals surface area contributed by atoms with Crippen LogP contribution in [-0.4, -0.2) is 16.0 Å². The van der Waals surface area contributed by atoms with Crippen LogP contribution in [0, 0.1) is 11.6 Å². The third-order valence-corrected chi connectivity index (χ3v) is 4.00. The van der Waals surface area contributed by atoms with Gasteiger partial charge in [-0.25, -0.2) is 13.8 Å². The topological polar surface area (TPSA) is 49.8 Å². The van der Waals surface area contributed by atoms with E-state index in [0.29, 0.717) is 17.5 Å². The van der Waals surface area contributed by atoms with Gasteiger partial charge < -0.3 is 10.6 Å². The minimum atomic E-state index is -0.679. The molecule has 0 aliphatic heterocycles. The van der Waals surface area contributed by atoms with Gasteiger partial charge in [0.25, 0.3) is 0 Å². The summed E-state index contributed by atoms with van der Waals surface area (Å²) < 4.78 is 27.9. The number of nitrogens with zero attached hydrogens (tertiary/aromatic N) is 2. The fraction of sp³-hybridized carbons (Fsp3) is 0.200. The maximum atomic E-state index is 14.0. The summed E-state index contributed by atoms with van der Waals surface area (Å²) in [5, 5.41) is 5.95. The van der Waals surface area contributed by atoms with Crippen molar-refractivity contribution in [3.63, 3.8) is 0 Å². The summed E-state index contributed by atoms with van der Waals surface area (Å²) in [6.07, 6.45) is 0.892. The molecule has 3 rings (SSSR count). The molecule has 0 bridgehead atoms. The van der Waals surface area contributed by atoms with E-state index in [9.17, 15) is 8.78 Å². The first kappa shape index (κ1) is 17.8. The SMILES string of the molecule is CCC(C)Nc1nc(Nc2c(F)cccc2F)cc(-c2ccccc2)n1. The lowest BCUT2D eigenvalue weighted by Crippen LogP contribution is -2.16. The smallest absolute Gasteiger partial charge is 0.225 e. The molecule has 0 spiro atoms. The molecule has 2 aromatic carbocycles. The average Bonchev–Trinajstić information content (AvgIpc) is 2.65. The van der Waals surface area contributed by atoms with Crippen LogP contribution in [0.2, 0.25) is 0 Å². The second kappa shape index (κ2) is 7.91. The molecule has 1 unspecified atom stereocenters. The minimum absolute atomic E-state index is 0.166. The van der Waals surface area contributed by atoms with Gasteiger partial charge in [0.1, 0.15) is 23.1 Å². The van der Waals surface area contributed by atoms with Gasteiger partial charge in [0.05, 0.1) is 5.69 Å². The van der Waals surface area contributed by atoms with E-state index in [1.807, 2.05) is 44.2 Å². The molecule has 1 heterocycles. The number of nitrogens with one attached hydrogen (secondary N) is 2.